The van der Waals surface area contributed by atoms with Crippen LogP contribution in [0.25, 0.3) is 0 Å². The van der Waals surface area contributed by atoms with E-state index in [0.29, 0.717) is 18.8 Å². The van der Waals surface area contributed by atoms with E-state index >= 15 is 0 Å². The Balaban J connectivity index is 1.52. The first-order valence-electron chi connectivity index (χ1n) is 10.3. The summed E-state index contributed by atoms with van der Waals surface area (Å²) in [5.41, 5.74) is 0.599. The van der Waals surface area contributed by atoms with Crippen molar-refractivity contribution >= 4 is 23.1 Å². The van der Waals surface area contributed by atoms with Crippen LogP contribution in [-0.4, -0.2) is 78.5 Å². The second kappa shape index (κ2) is 9.38. The van der Waals surface area contributed by atoms with Gasteiger partial charge in [-0.05, 0) is 30.3 Å². The molecule has 1 fully saturated rings. The molecular formula is C22H26F3N3O2S. The lowest BCUT2D eigenvalue weighted by atomic mass is 10.1. The van der Waals surface area contributed by atoms with Crippen LogP contribution in [0.4, 0.5) is 24.5 Å². The Kier molecular flexibility index (Phi) is 6.78. The van der Waals surface area contributed by atoms with E-state index in [1.54, 1.807) is 0 Å². The van der Waals surface area contributed by atoms with Gasteiger partial charge in [-0.25, -0.2) is 0 Å². The van der Waals surface area contributed by atoms with Gasteiger partial charge in [0.1, 0.15) is 0 Å². The van der Waals surface area contributed by atoms with Crippen molar-refractivity contribution in [2.45, 2.75) is 22.1 Å². The summed E-state index contributed by atoms with van der Waals surface area (Å²) in [4.78, 5) is 7.85. The predicted molar refractivity (Wildman–Crippen MR) is 115 cm³/mol. The number of benzene rings is 2. The molecule has 2 aromatic carbocycles. The van der Waals surface area contributed by atoms with Crippen molar-refractivity contribution in [2.75, 3.05) is 57.3 Å². The van der Waals surface area contributed by atoms with Crippen molar-refractivity contribution in [1.29, 1.82) is 0 Å². The van der Waals surface area contributed by atoms with Gasteiger partial charge < -0.3 is 15.1 Å². The zero-order valence-electron chi connectivity index (χ0n) is 17.1. The van der Waals surface area contributed by atoms with E-state index in [0.717, 1.165) is 47.7 Å². The Labute approximate surface area is 184 Å². The molecule has 5 nitrogen and oxygen atoms in total. The number of hydrogen-bond donors (Lipinski definition) is 2. The number of hydrogen-bond acceptors (Lipinski definition) is 6. The first kappa shape index (κ1) is 22.4. The number of rotatable bonds is 6. The number of aliphatic hydroxyl groups is 2. The molecule has 0 aromatic heterocycles. The molecule has 0 radical (unpaired) electrons. The molecule has 1 atom stereocenters. The number of nitrogens with zero attached hydrogens (tertiary/aromatic N) is 3. The summed E-state index contributed by atoms with van der Waals surface area (Å²) in [5, 5.41) is 19.9. The average Bonchev–Trinajstić information content (AvgIpc) is 2.74. The van der Waals surface area contributed by atoms with Crippen LogP contribution < -0.4 is 4.90 Å². The summed E-state index contributed by atoms with van der Waals surface area (Å²) in [6.07, 6.45) is -5.14. The van der Waals surface area contributed by atoms with Crippen LogP contribution in [0.15, 0.2) is 52.3 Å². The fourth-order valence-electron chi connectivity index (χ4n) is 4.11. The molecular weight excluding hydrogens is 427 g/mol. The molecule has 0 spiro atoms. The van der Waals surface area contributed by atoms with Gasteiger partial charge in [-0.2, -0.15) is 13.2 Å². The molecule has 9 heteroatoms. The van der Waals surface area contributed by atoms with E-state index < -0.39 is 17.8 Å². The molecule has 2 aliphatic heterocycles. The number of halogens is 3. The van der Waals surface area contributed by atoms with Crippen LogP contribution in [0.5, 0.6) is 0 Å². The van der Waals surface area contributed by atoms with E-state index in [-0.39, 0.29) is 13.2 Å². The quantitative estimate of drug-likeness (QED) is 0.700. The maximum absolute atomic E-state index is 13.3. The fourth-order valence-corrected chi connectivity index (χ4v) is 5.18. The van der Waals surface area contributed by atoms with Gasteiger partial charge in [0.05, 0.1) is 36.2 Å². The number of piperazine rings is 1. The predicted octanol–water partition coefficient (Wildman–Crippen LogP) is 3.28. The van der Waals surface area contributed by atoms with Crippen LogP contribution in [0, 0.1) is 0 Å². The number of para-hydroxylation sites is 1. The fraction of sp³-hybridized carbons (Fsp3) is 0.455. The first-order valence-corrected chi connectivity index (χ1v) is 11.2. The molecule has 0 aliphatic carbocycles. The Hall–Kier alpha value is -1.78. The highest BCUT2D eigenvalue weighted by atomic mass is 32.2. The van der Waals surface area contributed by atoms with Gasteiger partial charge in [-0.15, -0.1) is 0 Å². The zero-order valence-corrected chi connectivity index (χ0v) is 17.9. The lowest BCUT2D eigenvalue weighted by molar-refractivity contribution is -0.137. The summed E-state index contributed by atoms with van der Waals surface area (Å²) >= 11 is 1.45. The summed E-state index contributed by atoms with van der Waals surface area (Å²) < 4.78 is 40.0. The highest BCUT2D eigenvalue weighted by Crippen LogP contribution is 2.49. The highest BCUT2D eigenvalue weighted by Gasteiger charge is 2.34. The molecule has 2 aromatic rings. The van der Waals surface area contributed by atoms with Gasteiger partial charge >= 0.3 is 6.18 Å². The standard InChI is InChI=1S/C22H26F3N3O2S/c23-22(24,25)16-5-6-21-19(13-16)28(18-3-1-2-4-20(18)31-21)15-17(30)14-27-9-7-26(8-10-27)11-12-29/h1-6,13,17,29-30H,7-12,14-15H2. The molecule has 168 valence electrons. The third-order valence-electron chi connectivity index (χ3n) is 5.70. The molecule has 0 bridgehead atoms. The van der Waals surface area contributed by atoms with Crippen molar-refractivity contribution in [1.82, 2.24) is 9.80 Å². The van der Waals surface area contributed by atoms with E-state index in [2.05, 4.69) is 9.80 Å². The summed E-state index contributed by atoms with van der Waals surface area (Å²) in [6, 6.07) is 11.4. The van der Waals surface area contributed by atoms with Crippen molar-refractivity contribution in [3.8, 4) is 0 Å². The molecule has 1 unspecified atom stereocenters. The van der Waals surface area contributed by atoms with E-state index in [1.807, 2.05) is 29.2 Å². The summed E-state index contributed by atoms with van der Waals surface area (Å²) in [7, 11) is 0. The second-order valence-electron chi connectivity index (χ2n) is 7.88. The van der Waals surface area contributed by atoms with Crippen molar-refractivity contribution in [3.63, 3.8) is 0 Å². The molecule has 0 amide bonds. The third-order valence-corrected chi connectivity index (χ3v) is 6.83. The van der Waals surface area contributed by atoms with Crippen LogP contribution >= 0.6 is 11.8 Å². The normalized spacial score (nSPS) is 18.5. The van der Waals surface area contributed by atoms with E-state index in [4.69, 9.17) is 5.11 Å². The average molecular weight is 454 g/mol. The number of anilines is 2. The number of aliphatic hydroxyl groups excluding tert-OH is 2. The van der Waals surface area contributed by atoms with Gasteiger partial charge in [0.2, 0.25) is 0 Å². The number of fused-ring (bicyclic) bond motifs is 2. The van der Waals surface area contributed by atoms with Crippen LogP contribution in [0.2, 0.25) is 0 Å². The Bertz CT molecular complexity index is 904. The van der Waals surface area contributed by atoms with Gasteiger partial charge in [-0.3, -0.25) is 9.80 Å². The summed E-state index contributed by atoms with van der Waals surface area (Å²) in [5.74, 6) is 0. The van der Waals surface area contributed by atoms with Crippen LogP contribution in [0.1, 0.15) is 5.56 Å². The third kappa shape index (κ3) is 5.18. The molecule has 2 N–H and O–H groups in total. The minimum atomic E-state index is -4.42. The minimum absolute atomic E-state index is 0.133. The Morgan fingerprint density at radius 1 is 0.903 bits per heavy atom. The molecule has 0 saturated carbocycles. The molecule has 4 rings (SSSR count). The van der Waals surface area contributed by atoms with Crippen LogP contribution in [0.3, 0.4) is 0 Å². The lowest BCUT2D eigenvalue weighted by Gasteiger charge is -2.38. The van der Waals surface area contributed by atoms with Crippen molar-refractivity contribution < 1.29 is 23.4 Å². The van der Waals surface area contributed by atoms with Gasteiger partial charge in [-0.1, -0.05) is 23.9 Å². The first-order chi connectivity index (χ1) is 14.8. The maximum Gasteiger partial charge on any atom is 0.416 e. The molecule has 2 aliphatic rings. The van der Waals surface area contributed by atoms with Gasteiger partial charge in [0.15, 0.2) is 0 Å². The maximum atomic E-state index is 13.3. The number of β-amino-alcohol motifs (C(OH)–C–C–N with tert-alkyl or cyclic N) is 2. The summed E-state index contributed by atoms with van der Waals surface area (Å²) in [6.45, 7) is 4.68. The topological polar surface area (TPSA) is 50.2 Å². The Morgan fingerprint density at radius 3 is 2.29 bits per heavy atom. The zero-order chi connectivity index (χ0) is 22.0. The second-order valence-corrected chi connectivity index (χ2v) is 8.96. The molecule has 1 saturated heterocycles. The smallest absolute Gasteiger partial charge is 0.395 e. The Morgan fingerprint density at radius 2 is 1.58 bits per heavy atom. The van der Waals surface area contributed by atoms with Gasteiger partial charge in [0, 0.05) is 49.1 Å². The largest absolute Gasteiger partial charge is 0.416 e. The van der Waals surface area contributed by atoms with Crippen molar-refractivity contribution in [3.05, 3.63) is 48.0 Å². The van der Waals surface area contributed by atoms with Crippen LogP contribution in [-0.2, 0) is 6.18 Å². The van der Waals surface area contributed by atoms with E-state index in [1.165, 1.54) is 23.9 Å². The number of alkyl halides is 3. The SMILES string of the molecule is OCCN1CCN(CC(O)CN2c3ccccc3Sc3ccc(C(F)(F)F)cc32)CC1. The van der Waals surface area contributed by atoms with Crippen molar-refractivity contribution in [2.24, 2.45) is 0 Å². The van der Waals surface area contributed by atoms with E-state index in [9.17, 15) is 18.3 Å². The lowest BCUT2D eigenvalue weighted by Crippen LogP contribution is -2.50. The minimum Gasteiger partial charge on any atom is -0.395 e. The highest BCUT2D eigenvalue weighted by molar-refractivity contribution is 7.99. The monoisotopic (exact) mass is 453 g/mol. The molecule has 31 heavy (non-hydrogen) atoms. The molecule has 2 heterocycles. The van der Waals surface area contributed by atoms with Gasteiger partial charge in [0.25, 0.3) is 0 Å².